The quantitative estimate of drug-likeness (QED) is 0.624. The first kappa shape index (κ1) is 15.5. The van der Waals surface area contributed by atoms with Crippen molar-refractivity contribution in [2.45, 2.75) is 17.6 Å². The van der Waals surface area contributed by atoms with Crippen LogP contribution in [0.15, 0.2) is 53.4 Å². The molecule has 0 aliphatic rings. The topological polar surface area (TPSA) is 29.1 Å². The van der Waals surface area contributed by atoms with Gasteiger partial charge in [0.15, 0.2) is 5.78 Å². The Kier molecular flexibility index (Phi) is 5.33. The van der Waals surface area contributed by atoms with Gasteiger partial charge >= 0.3 is 0 Å². The number of benzene rings is 2. The summed E-state index contributed by atoms with van der Waals surface area (Å²) in [6.45, 7) is 2.13. The zero-order valence-electron chi connectivity index (χ0n) is 11.5. The molecule has 0 atom stereocenters. The van der Waals surface area contributed by atoms with E-state index in [-0.39, 0.29) is 12.3 Å². The zero-order chi connectivity index (χ0) is 15.2. The molecule has 0 aliphatic heterocycles. The third-order valence-corrected chi connectivity index (χ3v) is 3.63. The van der Waals surface area contributed by atoms with Gasteiger partial charge in [-0.3, -0.25) is 4.79 Å². The predicted octanol–water partition coefficient (Wildman–Crippen LogP) is 4.60. The molecule has 0 saturated carbocycles. The number of halogens is 2. The predicted molar refractivity (Wildman–Crippen MR) is 82.3 cm³/mol. The van der Waals surface area contributed by atoms with Crippen LogP contribution >= 0.6 is 11.8 Å². The Labute approximate surface area is 126 Å². The molecule has 0 amide bonds. The summed E-state index contributed by atoms with van der Waals surface area (Å²) < 4.78 is 24.4. The van der Waals surface area contributed by atoms with Crippen LogP contribution in [0.2, 0.25) is 0 Å². The van der Waals surface area contributed by atoms with Crippen LogP contribution in [0.3, 0.4) is 0 Å². The molecule has 0 heterocycles. The van der Waals surface area contributed by atoms with Crippen LogP contribution in [-0.4, -0.2) is 18.1 Å². The summed E-state index contributed by atoms with van der Waals surface area (Å²) in [7, 11) is 0. The first-order chi connectivity index (χ1) is 10.0. The highest BCUT2D eigenvalue weighted by molar-refractivity contribution is 7.99. The molecule has 1 N–H and O–H groups in total. The Hall–Kier alpha value is -1.88. The zero-order valence-corrected chi connectivity index (χ0v) is 12.3. The number of Topliss-reactive ketones (excluding diaryl/α,β-unsaturated/α-hetero) is 1. The highest BCUT2D eigenvalue weighted by atomic mass is 32.2. The molecule has 0 aromatic heterocycles. The van der Waals surface area contributed by atoms with Crippen LogP contribution in [0.5, 0.6) is 0 Å². The van der Waals surface area contributed by atoms with Crippen LogP contribution < -0.4 is 5.32 Å². The molecule has 0 aliphatic carbocycles. The average Bonchev–Trinajstić information content (AvgIpc) is 2.46. The minimum absolute atomic E-state index is 0.0129. The molecular weight excluding hydrogens is 292 g/mol. The smallest absolute Gasteiger partial charge is 0.288 e. The van der Waals surface area contributed by atoms with Gasteiger partial charge in [0.05, 0.1) is 6.54 Å². The summed E-state index contributed by atoms with van der Waals surface area (Å²) >= 11 is 0.502. The number of rotatable bonds is 6. The van der Waals surface area contributed by atoms with Gasteiger partial charge in [-0.05, 0) is 31.2 Å². The van der Waals surface area contributed by atoms with Gasteiger partial charge in [-0.2, -0.15) is 8.78 Å². The summed E-state index contributed by atoms with van der Waals surface area (Å²) in [5, 5.41) is 2.99. The Morgan fingerprint density at radius 1 is 1.10 bits per heavy atom. The molecule has 0 radical (unpaired) electrons. The van der Waals surface area contributed by atoms with E-state index >= 15 is 0 Å². The second-order valence-electron chi connectivity index (χ2n) is 4.55. The van der Waals surface area contributed by atoms with Crippen LogP contribution in [0.25, 0.3) is 0 Å². The number of thioether (sulfide) groups is 1. The third-order valence-electron chi connectivity index (χ3n) is 2.91. The lowest BCUT2D eigenvalue weighted by Gasteiger charge is -2.07. The van der Waals surface area contributed by atoms with Crippen molar-refractivity contribution >= 4 is 23.2 Å². The third kappa shape index (κ3) is 4.86. The molecule has 2 nitrogen and oxygen atoms in total. The Morgan fingerprint density at radius 2 is 1.71 bits per heavy atom. The normalized spacial score (nSPS) is 10.7. The highest BCUT2D eigenvalue weighted by Crippen LogP contribution is 2.26. The number of hydrogen-bond acceptors (Lipinski definition) is 3. The molecule has 5 heteroatoms. The van der Waals surface area contributed by atoms with Gasteiger partial charge in [-0.25, -0.2) is 0 Å². The molecule has 21 heavy (non-hydrogen) atoms. The molecule has 110 valence electrons. The van der Waals surface area contributed by atoms with Crippen molar-refractivity contribution < 1.29 is 13.6 Å². The van der Waals surface area contributed by atoms with Gasteiger partial charge in [-0.15, -0.1) is 0 Å². The Balaban J connectivity index is 1.90. The summed E-state index contributed by atoms with van der Waals surface area (Å²) in [5.74, 6) is -2.44. The van der Waals surface area contributed by atoms with Crippen molar-refractivity contribution in [2.75, 3.05) is 11.9 Å². The van der Waals surface area contributed by atoms with Gasteiger partial charge in [0.1, 0.15) is 0 Å². The van der Waals surface area contributed by atoms with Crippen LogP contribution in [0.4, 0.5) is 14.5 Å². The van der Waals surface area contributed by atoms with E-state index in [1.807, 2.05) is 19.1 Å². The van der Waals surface area contributed by atoms with Crippen LogP contribution in [-0.2, 0) is 0 Å². The maximum Gasteiger partial charge on any atom is 0.288 e. The van der Waals surface area contributed by atoms with Crippen molar-refractivity contribution in [2.24, 2.45) is 0 Å². The molecule has 0 spiro atoms. The molecule has 0 saturated heterocycles. The number of nitrogens with one attached hydrogen (secondary N) is 1. The standard InChI is InChI=1S/C16H15F2NOS/c1-11-2-4-12(5-3-11)15(20)10-19-13-6-8-14(9-7-13)21-16(17)18/h2-9,16,19H,10H2,1H3. The molecule has 0 unspecified atom stereocenters. The summed E-state index contributed by atoms with van der Waals surface area (Å²) in [6, 6.07) is 14.0. The van der Waals surface area contributed by atoms with E-state index in [2.05, 4.69) is 5.32 Å². The summed E-state index contributed by atoms with van der Waals surface area (Å²) in [5.41, 5.74) is 2.48. The van der Waals surface area contributed by atoms with E-state index < -0.39 is 5.76 Å². The fourth-order valence-corrected chi connectivity index (χ4v) is 2.28. The first-order valence-electron chi connectivity index (χ1n) is 6.43. The van der Waals surface area contributed by atoms with E-state index in [0.717, 1.165) is 11.3 Å². The Morgan fingerprint density at radius 3 is 2.29 bits per heavy atom. The monoisotopic (exact) mass is 307 g/mol. The van der Waals surface area contributed by atoms with Crippen molar-refractivity contribution in [1.82, 2.24) is 0 Å². The maximum absolute atomic E-state index is 12.2. The number of hydrogen-bond donors (Lipinski definition) is 1. The fraction of sp³-hybridized carbons (Fsp3) is 0.188. The molecule has 0 fully saturated rings. The molecule has 0 bridgehead atoms. The molecular formula is C16H15F2NOS. The van der Waals surface area contributed by atoms with Gasteiger partial charge < -0.3 is 5.32 Å². The minimum Gasteiger partial charge on any atom is -0.378 e. The van der Waals surface area contributed by atoms with Gasteiger partial charge in [0.2, 0.25) is 0 Å². The summed E-state index contributed by atoms with van der Waals surface area (Å²) in [4.78, 5) is 12.5. The number of carbonyl (C=O) groups is 1. The van der Waals surface area contributed by atoms with E-state index in [1.165, 1.54) is 0 Å². The largest absolute Gasteiger partial charge is 0.378 e. The number of carbonyl (C=O) groups excluding carboxylic acids is 1. The van der Waals surface area contributed by atoms with Crippen molar-refractivity contribution in [3.05, 3.63) is 59.7 Å². The van der Waals surface area contributed by atoms with E-state index in [1.54, 1.807) is 36.4 Å². The van der Waals surface area contributed by atoms with Crippen LogP contribution in [0, 0.1) is 6.92 Å². The SMILES string of the molecule is Cc1ccc(C(=O)CNc2ccc(SC(F)F)cc2)cc1. The lowest BCUT2D eigenvalue weighted by molar-refractivity contribution is 0.101. The van der Waals surface area contributed by atoms with E-state index in [0.29, 0.717) is 22.2 Å². The molecule has 2 aromatic carbocycles. The lowest BCUT2D eigenvalue weighted by atomic mass is 10.1. The summed E-state index contributed by atoms with van der Waals surface area (Å²) in [6.07, 6.45) is 0. The average molecular weight is 307 g/mol. The van der Waals surface area contributed by atoms with E-state index in [4.69, 9.17) is 0 Å². The van der Waals surface area contributed by atoms with Gasteiger partial charge in [0.25, 0.3) is 5.76 Å². The second kappa shape index (κ2) is 7.22. The maximum atomic E-state index is 12.2. The van der Waals surface area contributed by atoms with Gasteiger partial charge in [-0.1, -0.05) is 41.6 Å². The van der Waals surface area contributed by atoms with Crippen LogP contribution in [0.1, 0.15) is 15.9 Å². The first-order valence-corrected chi connectivity index (χ1v) is 7.31. The number of ketones is 1. The Bertz CT molecular complexity index is 597. The van der Waals surface area contributed by atoms with Crippen molar-refractivity contribution in [1.29, 1.82) is 0 Å². The number of alkyl halides is 2. The highest BCUT2D eigenvalue weighted by Gasteiger charge is 2.07. The van der Waals surface area contributed by atoms with Gasteiger partial charge in [0, 0.05) is 16.1 Å². The molecule has 2 rings (SSSR count). The second-order valence-corrected chi connectivity index (χ2v) is 5.61. The fourth-order valence-electron chi connectivity index (χ4n) is 1.78. The minimum atomic E-state index is -2.42. The number of anilines is 1. The van der Waals surface area contributed by atoms with E-state index in [9.17, 15) is 13.6 Å². The molecule has 2 aromatic rings. The number of aryl methyl sites for hydroxylation is 1. The van der Waals surface area contributed by atoms with Crippen molar-refractivity contribution in [3.8, 4) is 0 Å². The van der Waals surface area contributed by atoms with Crippen molar-refractivity contribution in [3.63, 3.8) is 0 Å². The lowest BCUT2D eigenvalue weighted by Crippen LogP contribution is -2.13.